The number of nitrogens with zero attached hydrogens (tertiary/aromatic N) is 1. The maximum atomic E-state index is 13.4. The lowest BCUT2D eigenvalue weighted by molar-refractivity contribution is 0.330. The van der Waals surface area contributed by atoms with E-state index in [-0.39, 0.29) is 11.7 Å². The van der Waals surface area contributed by atoms with Crippen LogP contribution in [0.1, 0.15) is 12.0 Å². The zero-order chi connectivity index (χ0) is 12.1. The largest absolute Gasteiger partial charge is 0.388 e. The summed E-state index contributed by atoms with van der Waals surface area (Å²) in [6.45, 7) is 1.03. The van der Waals surface area contributed by atoms with Crippen LogP contribution < -0.4 is 5.73 Å². The zero-order valence-electron chi connectivity index (χ0n) is 9.13. The minimum absolute atomic E-state index is 0.131. The van der Waals surface area contributed by atoms with Gasteiger partial charge < -0.3 is 10.6 Å². The van der Waals surface area contributed by atoms with Crippen molar-refractivity contribution in [1.29, 1.82) is 5.41 Å². The van der Waals surface area contributed by atoms with Crippen LogP contribution >= 0.6 is 11.6 Å². The lowest BCUT2D eigenvalue weighted by Gasteiger charge is -2.17. The number of benzene rings is 1. The Kier molecular flexibility index (Phi) is 4.71. The number of nitrogens with two attached hydrogens (primary N) is 1. The Labute approximate surface area is 99.5 Å². The third-order valence-electron chi connectivity index (χ3n) is 2.25. The summed E-state index contributed by atoms with van der Waals surface area (Å²) in [7, 11) is 1.84. The van der Waals surface area contributed by atoms with Crippen LogP contribution in [0.3, 0.4) is 0 Å². The molecule has 0 atom stereocenters. The highest BCUT2D eigenvalue weighted by Gasteiger charge is 2.09. The van der Waals surface area contributed by atoms with Crippen LogP contribution in [-0.4, -0.2) is 24.3 Å². The molecule has 0 fully saturated rings. The molecular formula is C11H15ClFN3. The van der Waals surface area contributed by atoms with Crippen molar-refractivity contribution in [2.75, 3.05) is 13.6 Å². The molecule has 16 heavy (non-hydrogen) atoms. The number of hydrogen-bond acceptors (Lipinski definition) is 2. The molecule has 0 aliphatic rings. The molecule has 0 saturated carbocycles. The van der Waals surface area contributed by atoms with E-state index >= 15 is 0 Å². The maximum Gasteiger partial charge on any atom is 0.129 e. The summed E-state index contributed by atoms with van der Waals surface area (Å²) >= 11 is 5.90. The third-order valence-corrected chi connectivity index (χ3v) is 2.61. The van der Waals surface area contributed by atoms with Crippen LogP contribution in [0.15, 0.2) is 18.2 Å². The SMILES string of the molecule is CN(CCC(=N)N)Cc1c(F)cccc1Cl. The monoisotopic (exact) mass is 243 g/mol. The number of nitrogens with one attached hydrogen (secondary N) is 1. The summed E-state index contributed by atoms with van der Waals surface area (Å²) in [6.07, 6.45) is 0.475. The van der Waals surface area contributed by atoms with Crippen molar-refractivity contribution >= 4 is 17.4 Å². The summed E-state index contributed by atoms with van der Waals surface area (Å²) in [5.41, 5.74) is 5.73. The van der Waals surface area contributed by atoms with Crippen LogP contribution in [0.2, 0.25) is 5.02 Å². The van der Waals surface area contributed by atoms with Gasteiger partial charge in [0.15, 0.2) is 0 Å². The molecule has 0 unspecified atom stereocenters. The van der Waals surface area contributed by atoms with Crippen molar-refractivity contribution in [2.24, 2.45) is 5.73 Å². The number of hydrogen-bond donors (Lipinski definition) is 2. The molecule has 1 aromatic rings. The van der Waals surface area contributed by atoms with E-state index in [1.807, 2.05) is 11.9 Å². The first-order chi connectivity index (χ1) is 7.50. The first kappa shape index (κ1) is 12.9. The Balaban J connectivity index is 2.62. The van der Waals surface area contributed by atoms with Crippen molar-refractivity contribution in [3.63, 3.8) is 0 Å². The van der Waals surface area contributed by atoms with Crippen LogP contribution in [0.4, 0.5) is 4.39 Å². The molecule has 0 aromatic heterocycles. The van der Waals surface area contributed by atoms with Gasteiger partial charge in [0.05, 0.1) is 5.84 Å². The average Bonchev–Trinajstić information content (AvgIpc) is 2.21. The molecule has 5 heteroatoms. The van der Waals surface area contributed by atoms with Crippen molar-refractivity contribution in [2.45, 2.75) is 13.0 Å². The Morgan fingerprint density at radius 2 is 2.25 bits per heavy atom. The van der Waals surface area contributed by atoms with Crippen molar-refractivity contribution in [1.82, 2.24) is 4.90 Å². The van der Waals surface area contributed by atoms with Gasteiger partial charge in [0.1, 0.15) is 5.82 Å². The summed E-state index contributed by atoms with van der Waals surface area (Å²) < 4.78 is 13.4. The standard InChI is InChI=1S/C11H15ClFN3/c1-16(6-5-11(14)15)7-8-9(12)3-2-4-10(8)13/h2-4H,5-7H2,1H3,(H3,14,15). The lowest BCUT2D eigenvalue weighted by atomic mass is 10.2. The highest BCUT2D eigenvalue weighted by molar-refractivity contribution is 6.31. The van der Waals surface area contributed by atoms with E-state index in [1.165, 1.54) is 6.07 Å². The molecule has 0 saturated heterocycles. The van der Waals surface area contributed by atoms with E-state index in [4.69, 9.17) is 22.7 Å². The molecule has 3 nitrogen and oxygen atoms in total. The van der Waals surface area contributed by atoms with Gasteiger partial charge in [-0.2, -0.15) is 0 Å². The van der Waals surface area contributed by atoms with Gasteiger partial charge in [0.25, 0.3) is 0 Å². The van der Waals surface area contributed by atoms with E-state index in [0.29, 0.717) is 30.1 Å². The van der Waals surface area contributed by atoms with Crippen molar-refractivity contribution < 1.29 is 4.39 Å². The molecule has 0 radical (unpaired) electrons. The molecule has 0 bridgehead atoms. The summed E-state index contributed by atoms with van der Waals surface area (Å²) in [5.74, 6) is -0.173. The highest BCUT2D eigenvalue weighted by Crippen LogP contribution is 2.20. The maximum absolute atomic E-state index is 13.4. The number of rotatable bonds is 5. The molecule has 0 heterocycles. The van der Waals surface area contributed by atoms with E-state index < -0.39 is 0 Å². The molecule has 3 N–H and O–H groups in total. The summed E-state index contributed by atoms with van der Waals surface area (Å²) in [6, 6.07) is 4.63. The van der Waals surface area contributed by atoms with Gasteiger partial charge in [-0.15, -0.1) is 0 Å². The second-order valence-corrected chi connectivity index (χ2v) is 4.12. The molecule has 0 spiro atoms. The number of amidine groups is 1. The van der Waals surface area contributed by atoms with Gasteiger partial charge in [0, 0.05) is 30.1 Å². The van der Waals surface area contributed by atoms with Crippen molar-refractivity contribution in [3.05, 3.63) is 34.6 Å². The van der Waals surface area contributed by atoms with Gasteiger partial charge in [-0.1, -0.05) is 17.7 Å². The third kappa shape index (κ3) is 3.79. The minimum atomic E-state index is -0.304. The molecule has 1 rings (SSSR count). The Morgan fingerprint density at radius 3 is 2.81 bits per heavy atom. The van der Waals surface area contributed by atoms with Gasteiger partial charge in [-0.05, 0) is 19.2 Å². The Bertz CT molecular complexity index is 361. The smallest absolute Gasteiger partial charge is 0.129 e. The Morgan fingerprint density at radius 1 is 1.56 bits per heavy atom. The zero-order valence-corrected chi connectivity index (χ0v) is 9.89. The van der Waals surface area contributed by atoms with Crippen molar-refractivity contribution in [3.8, 4) is 0 Å². The topological polar surface area (TPSA) is 53.1 Å². The molecule has 0 aliphatic heterocycles. The Hall–Kier alpha value is -1.13. The molecule has 88 valence electrons. The van der Waals surface area contributed by atoms with Crippen LogP contribution in [0.25, 0.3) is 0 Å². The van der Waals surface area contributed by atoms with Gasteiger partial charge >= 0.3 is 0 Å². The van der Waals surface area contributed by atoms with Gasteiger partial charge in [-0.25, -0.2) is 4.39 Å². The van der Waals surface area contributed by atoms with Crippen LogP contribution in [0, 0.1) is 11.2 Å². The van der Waals surface area contributed by atoms with Gasteiger partial charge in [0.2, 0.25) is 0 Å². The highest BCUT2D eigenvalue weighted by atomic mass is 35.5. The summed E-state index contributed by atoms with van der Waals surface area (Å²) in [5, 5.41) is 7.53. The lowest BCUT2D eigenvalue weighted by Crippen LogP contribution is -2.24. The van der Waals surface area contributed by atoms with E-state index in [0.717, 1.165) is 0 Å². The van der Waals surface area contributed by atoms with Gasteiger partial charge in [-0.3, -0.25) is 5.41 Å². The average molecular weight is 244 g/mol. The predicted octanol–water partition coefficient (Wildman–Crippen LogP) is 2.24. The molecular weight excluding hydrogens is 229 g/mol. The summed E-state index contributed by atoms with van der Waals surface area (Å²) in [4.78, 5) is 1.88. The first-order valence-corrected chi connectivity index (χ1v) is 5.33. The normalized spacial score (nSPS) is 10.8. The second kappa shape index (κ2) is 5.82. The van der Waals surface area contributed by atoms with Crippen LogP contribution in [0.5, 0.6) is 0 Å². The fraction of sp³-hybridized carbons (Fsp3) is 0.364. The van der Waals surface area contributed by atoms with E-state index in [9.17, 15) is 4.39 Å². The fourth-order valence-corrected chi connectivity index (χ4v) is 1.57. The van der Waals surface area contributed by atoms with Crippen LogP contribution in [-0.2, 0) is 6.54 Å². The van der Waals surface area contributed by atoms with E-state index in [2.05, 4.69) is 0 Å². The number of halogens is 2. The molecule has 0 amide bonds. The minimum Gasteiger partial charge on any atom is -0.388 e. The molecule has 0 aliphatic carbocycles. The second-order valence-electron chi connectivity index (χ2n) is 3.71. The molecule has 1 aromatic carbocycles. The van der Waals surface area contributed by atoms with E-state index in [1.54, 1.807) is 12.1 Å². The first-order valence-electron chi connectivity index (χ1n) is 4.95. The fourth-order valence-electron chi connectivity index (χ4n) is 1.34. The quantitative estimate of drug-likeness (QED) is 0.616. The predicted molar refractivity (Wildman–Crippen MR) is 64.3 cm³/mol.